The summed E-state index contributed by atoms with van der Waals surface area (Å²) in [4.78, 5) is 16.1. The molecule has 4 heteroatoms. The van der Waals surface area contributed by atoms with Crippen LogP contribution in [0, 0.1) is 0 Å². The van der Waals surface area contributed by atoms with Gasteiger partial charge in [-0.15, -0.1) is 0 Å². The third-order valence-corrected chi connectivity index (χ3v) is 2.27. The van der Waals surface area contributed by atoms with Gasteiger partial charge in [-0.2, -0.15) is 0 Å². The Hall–Kier alpha value is -1.97. The third kappa shape index (κ3) is 1.66. The van der Waals surface area contributed by atoms with Gasteiger partial charge in [-0.3, -0.25) is 4.57 Å². The molecule has 1 heterocycles. The molecule has 0 saturated heterocycles. The van der Waals surface area contributed by atoms with E-state index in [1.807, 2.05) is 43.3 Å². The lowest BCUT2D eigenvalue weighted by Gasteiger charge is -2.16. The molecule has 0 aliphatic carbocycles. The highest BCUT2D eigenvalue weighted by atomic mass is 16.1. The van der Waals surface area contributed by atoms with Crippen LogP contribution in [0.15, 0.2) is 41.5 Å². The molecule has 0 atom stereocenters. The van der Waals surface area contributed by atoms with Crippen LogP contribution in [0.25, 0.3) is 5.69 Å². The molecule has 0 unspecified atom stereocenters. The molecule has 2 aromatic rings. The summed E-state index contributed by atoms with van der Waals surface area (Å²) in [6, 6.07) is 7.78. The molecule has 15 heavy (non-hydrogen) atoms. The van der Waals surface area contributed by atoms with Gasteiger partial charge in [0.2, 0.25) is 0 Å². The number of para-hydroxylation sites is 2. The molecule has 0 amide bonds. The van der Waals surface area contributed by atoms with E-state index < -0.39 is 0 Å². The van der Waals surface area contributed by atoms with E-state index in [9.17, 15) is 4.79 Å². The molecule has 0 fully saturated rings. The van der Waals surface area contributed by atoms with Gasteiger partial charge in [0.25, 0.3) is 0 Å². The molecule has 0 radical (unpaired) electrons. The molecule has 1 N–H and O–H groups in total. The van der Waals surface area contributed by atoms with Crippen molar-refractivity contribution in [2.45, 2.75) is 0 Å². The number of nitrogens with one attached hydrogen (secondary N) is 1. The van der Waals surface area contributed by atoms with Gasteiger partial charge < -0.3 is 9.88 Å². The van der Waals surface area contributed by atoms with E-state index in [1.165, 1.54) is 0 Å². The first-order valence-electron chi connectivity index (χ1n) is 4.73. The zero-order valence-electron chi connectivity index (χ0n) is 8.77. The first-order valence-corrected chi connectivity index (χ1v) is 4.73. The van der Waals surface area contributed by atoms with Crippen LogP contribution in [-0.4, -0.2) is 23.6 Å². The molecule has 0 aliphatic heterocycles. The number of hydrogen-bond acceptors (Lipinski definition) is 2. The van der Waals surface area contributed by atoms with Gasteiger partial charge in [0.05, 0.1) is 11.4 Å². The van der Waals surface area contributed by atoms with Crippen LogP contribution in [-0.2, 0) is 0 Å². The minimum absolute atomic E-state index is 0.121. The normalized spacial score (nSPS) is 10.3. The Morgan fingerprint density at radius 1 is 1.27 bits per heavy atom. The second kappa shape index (κ2) is 3.65. The predicted octanol–water partition coefficient (Wildman–Crippen LogP) is 1.23. The Bertz CT molecular complexity index is 510. The first-order chi connectivity index (χ1) is 7.20. The fourth-order valence-electron chi connectivity index (χ4n) is 1.56. The molecule has 0 aliphatic rings. The number of benzene rings is 1. The van der Waals surface area contributed by atoms with E-state index in [4.69, 9.17) is 0 Å². The zero-order chi connectivity index (χ0) is 10.8. The standard InChI is InChI=1S/C11H13N3O/c1-13(2)9-5-3-4-6-10(9)14-8-7-12-11(14)15/h3-8H,1-2H3,(H,12,15). The molecular formula is C11H13N3O. The fourth-order valence-corrected chi connectivity index (χ4v) is 1.56. The van der Waals surface area contributed by atoms with Crippen molar-refractivity contribution in [1.82, 2.24) is 9.55 Å². The molecule has 1 aromatic carbocycles. The average molecular weight is 203 g/mol. The van der Waals surface area contributed by atoms with E-state index in [0.29, 0.717) is 0 Å². The quantitative estimate of drug-likeness (QED) is 0.797. The Labute approximate surface area is 87.8 Å². The van der Waals surface area contributed by atoms with Gasteiger partial charge in [0.1, 0.15) is 0 Å². The number of aromatic amines is 1. The highest BCUT2D eigenvalue weighted by Gasteiger charge is 2.06. The summed E-state index contributed by atoms with van der Waals surface area (Å²) in [7, 11) is 3.91. The maximum absolute atomic E-state index is 11.5. The summed E-state index contributed by atoms with van der Waals surface area (Å²) in [6.07, 6.45) is 3.36. The number of rotatable bonds is 2. The fraction of sp³-hybridized carbons (Fsp3) is 0.182. The van der Waals surface area contributed by atoms with E-state index in [2.05, 4.69) is 4.98 Å². The number of aromatic nitrogens is 2. The van der Waals surface area contributed by atoms with E-state index in [0.717, 1.165) is 11.4 Å². The summed E-state index contributed by atoms with van der Waals surface area (Å²) in [6.45, 7) is 0. The lowest BCUT2D eigenvalue weighted by atomic mass is 10.2. The zero-order valence-corrected chi connectivity index (χ0v) is 8.77. The highest BCUT2D eigenvalue weighted by Crippen LogP contribution is 2.20. The van der Waals surface area contributed by atoms with Crippen molar-refractivity contribution in [2.75, 3.05) is 19.0 Å². The molecule has 0 spiro atoms. The smallest absolute Gasteiger partial charge is 0.330 e. The van der Waals surface area contributed by atoms with Crippen LogP contribution < -0.4 is 10.6 Å². The average Bonchev–Trinajstić information content (AvgIpc) is 2.64. The van der Waals surface area contributed by atoms with Crippen molar-refractivity contribution < 1.29 is 0 Å². The SMILES string of the molecule is CN(C)c1ccccc1-n1cc[nH]c1=O. The van der Waals surface area contributed by atoms with E-state index in [1.54, 1.807) is 17.0 Å². The summed E-state index contributed by atoms with van der Waals surface area (Å²) < 4.78 is 1.59. The first kappa shape index (κ1) is 9.58. The van der Waals surface area contributed by atoms with Gasteiger partial charge in [0.15, 0.2) is 0 Å². The van der Waals surface area contributed by atoms with Crippen molar-refractivity contribution in [3.63, 3.8) is 0 Å². The van der Waals surface area contributed by atoms with Crippen molar-refractivity contribution >= 4 is 5.69 Å². The number of H-pyrrole nitrogens is 1. The third-order valence-electron chi connectivity index (χ3n) is 2.27. The van der Waals surface area contributed by atoms with Crippen LogP contribution in [0.4, 0.5) is 5.69 Å². The largest absolute Gasteiger partial charge is 0.376 e. The van der Waals surface area contributed by atoms with Gasteiger partial charge in [-0.1, -0.05) is 12.1 Å². The number of anilines is 1. The van der Waals surface area contributed by atoms with E-state index >= 15 is 0 Å². The molecule has 4 nitrogen and oxygen atoms in total. The van der Waals surface area contributed by atoms with Crippen LogP contribution in [0.3, 0.4) is 0 Å². The van der Waals surface area contributed by atoms with Crippen molar-refractivity contribution in [1.29, 1.82) is 0 Å². The number of hydrogen-bond donors (Lipinski definition) is 1. The van der Waals surface area contributed by atoms with Crippen LogP contribution in [0.5, 0.6) is 0 Å². The predicted molar refractivity (Wildman–Crippen MR) is 60.7 cm³/mol. The Morgan fingerprint density at radius 3 is 2.60 bits per heavy atom. The number of nitrogens with zero attached hydrogens (tertiary/aromatic N) is 2. The minimum atomic E-state index is -0.121. The van der Waals surface area contributed by atoms with E-state index in [-0.39, 0.29) is 5.69 Å². The van der Waals surface area contributed by atoms with Crippen molar-refractivity contribution in [3.05, 3.63) is 47.1 Å². The molecule has 1 aromatic heterocycles. The summed E-state index contributed by atoms with van der Waals surface area (Å²) >= 11 is 0. The maximum Gasteiger partial charge on any atom is 0.330 e. The van der Waals surface area contributed by atoms with Crippen LogP contribution >= 0.6 is 0 Å². The Kier molecular flexibility index (Phi) is 2.33. The summed E-state index contributed by atoms with van der Waals surface area (Å²) in [5, 5.41) is 0. The van der Waals surface area contributed by atoms with Gasteiger partial charge in [-0.05, 0) is 12.1 Å². The van der Waals surface area contributed by atoms with Crippen LogP contribution in [0.1, 0.15) is 0 Å². The molecular weight excluding hydrogens is 190 g/mol. The lowest BCUT2D eigenvalue weighted by Crippen LogP contribution is -2.18. The molecule has 2 rings (SSSR count). The molecule has 78 valence electrons. The maximum atomic E-state index is 11.5. The monoisotopic (exact) mass is 203 g/mol. The van der Waals surface area contributed by atoms with Crippen LogP contribution in [0.2, 0.25) is 0 Å². The topological polar surface area (TPSA) is 41.0 Å². The second-order valence-corrected chi connectivity index (χ2v) is 3.52. The Morgan fingerprint density at radius 2 is 2.00 bits per heavy atom. The van der Waals surface area contributed by atoms with Gasteiger partial charge >= 0.3 is 5.69 Å². The van der Waals surface area contributed by atoms with Crippen molar-refractivity contribution in [3.8, 4) is 5.69 Å². The summed E-state index contributed by atoms with van der Waals surface area (Å²) in [5.74, 6) is 0. The second-order valence-electron chi connectivity index (χ2n) is 3.52. The number of imidazole rings is 1. The Balaban J connectivity index is 2.63. The molecule has 0 bridgehead atoms. The summed E-state index contributed by atoms with van der Waals surface area (Å²) in [5.41, 5.74) is 1.78. The van der Waals surface area contributed by atoms with Gasteiger partial charge in [0, 0.05) is 26.5 Å². The lowest BCUT2D eigenvalue weighted by molar-refractivity contribution is 0.971. The van der Waals surface area contributed by atoms with Crippen molar-refractivity contribution in [2.24, 2.45) is 0 Å². The minimum Gasteiger partial charge on any atom is -0.376 e. The van der Waals surface area contributed by atoms with Gasteiger partial charge in [-0.25, -0.2) is 4.79 Å². The highest BCUT2D eigenvalue weighted by molar-refractivity contribution is 5.61. The molecule has 0 saturated carbocycles.